The van der Waals surface area contributed by atoms with Gasteiger partial charge in [-0.3, -0.25) is 4.79 Å². The number of aliphatic hydroxyl groups is 1. The highest BCUT2D eigenvalue weighted by Gasteiger charge is 2.59. The van der Waals surface area contributed by atoms with Crippen LogP contribution in [-0.4, -0.2) is 42.4 Å². The molecule has 0 amide bonds. The number of carbonyl (C=O) groups excluding carboxylic acids is 1. The van der Waals surface area contributed by atoms with Gasteiger partial charge in [-0.25, -0.2) is 0 Å². The summed E-state index contributed by atoms with van der Waals surface area (Å²) in [5.74, 6) is -3.83. The van der Waals surface area contributed by atoms with Gasteiger partial charge in [-0.15, -0.1) is 0 Å². The molecule has 0 heterocycles. The first-order valence-electron chi connectivity index (χ1n) is 6.10. The molecule has 0 aliphatic heterocycles. The first kappa shape index (κ1) is 19.1. The van der Waals surface area contributed by atoms with E-state index < -0.39 is 41.5 Å². The normalized spacial score (nSPS) is 15.2. The van der Waals surface area contributed by atoms with Gasteiger partial charge in [0.25, 0.3) is 0 Å². The van der Waals surface area contributed by atoms with Crippen LogP contribution in [0.15, 0.2) is 18.2 Å². The van der Waals surface area contributed by atoms with Crippen molar-refractivity contribution in [2.24, 2.45) is 0 Å². The molecule has 10 heteroatoms. The zero-order chi connectivity index (χ0) is 18.2. The number of alkyl halides is 6. The summed E-state index contributed by atoms with van der Waals surface area (Å²) in [5, 5.41) is 19.4. The fourth-order valence-electron chi connectivity index (χ4n) is 1.83. The van der Waals surface area contributed by atoms with Crippen molar-refractivity contribution >= 4 is 11.5 Å². The first-order valence-corrected chi connectivity index (χ1v) is 6.10. The SMILES string of the molecule is CN(C)c1ccc(C(O)(CC(=O)C(F)(F)F)C(F)(F)F)c(O)c1. The molecule has 0 aliphatic rings. The Morgan fingerprint density at radius 2 is 1.65 bits per heavy atom. The predicted molar refractivity (Wildman–Crippen MR) is 68.1 cm³/mol. The quantitative estimate of drug-likeness (QED) is 0.824. The average Bonchev–Trinajstić information content (AvgIpc) is 2.35. The Labute approximate surface area is 126 Å². The number of benzene rings is 1. The lowest BCUT2D eigenvalue weighted by Gasteiger charge is -2.31. The second-order valence-corrected chi connectivity index (χ2v) is 5.05. The van der Waals surface area contributed by atoms with E-state index >= 15 is 0 Å². The fourth-order valence-corrected chi connectivity index (χ4v) is 1.83. The van der Waals surface area contributed by atoms with Crippen LogP contribution in [0.3, 0.4) is 0 Å². The van der Waals surface area contributed by atoms with Gasteiger partial charge in [0.15, 0.2) is 5.60 Å². The Bertz CT molecular complexity index is 596. The summed E-state index contributed by atoms with van der Waals surface area (Å²) in [6, 6.07) is 2.52. The van der Waals surface area contributed by atoms with Crippen LogP contribution in [-0.2, 0) is 10.4 Å². The van der Waals surface area contributed by atoms with Crippen LogP contribution in [0.5, 0.6) is 5.75 Å². The van der Waals surface area contributed by atoms with E-state index in [4.69, 9.17) is 0 Å². The number of hydrogen-bond acceptors (Lipinski definition) is 4. The summed E-state index contributed by atoms with van der Waals surface area (Å²) in [6.45, 7) is 0. The minimum atomic E-state index is -5.61. The number of phenols is 1. The van der Waals surface area contributed by atoms with Gasteiger partial charge in [0.1, 0.15) is 5.75 Å². The predicted octanol–water partition coefficient (Wildman–Crippen LogP) is 2.73. The van der Waals surface area contributed by atoms with Gasteiger partial charge >= 0.3 is 12.4 Å². The average molecular weight is 345 g/mol. The second kappa shape index (κ2) is 5.91. The second-order valence-electron chi connectivity index (χ2n) is 5.05. The summed E-state index contributed by atoms with van der Waals surface area (Å²) in [5.41, 5.74) is -5.14. The molecular formula is C13H13F6NO3. The van der Waals surface area contributed by atoms with Crippen molar-refractivity contribution in [1.29, 1.82) is 0 Å². The van der Waals surface area contributed by atoms with Crippen molar-refractivity contribution in [1.82, 2.24) is 0 Å². The molecule has 0 saturated heterocycles. The van der Waals surface area contributed by atoms with Gasteiger partial charge < -0.3 is 15.1 Å². The van der Waals surface area contributed by atoms with Crippen LogP contribution in [0.4, 0.5) is 32.0 Å². The molecular weight excluding hydrogens is 332 g/mol. The molecule has 1 rings (SSSR count). The Balaban J connectivity index is 3.41. The molecule has 1 unspecified atom stereocenters. The number of anilines is 1. The molecule has 0 fully saturated rings. The third-order valence-corrected chi connectivity index (χ3v) is 3.14. The lowest BCUT2D eigenvalue weighted by atomic mass is 9.86. The van der Waals surface area contributed by atoms with E-state index in [0.717, 1.165) is 12.1 Å². The topological polar surface area (TPSA) is 60.8 Å². The van der Waals surface area contributed by atoms with Gasteiger partial charge in [0.05, 0.1) is 6.42 Å². The van der Waals surface area contributed by atoms with Crippen LogP contribution in [0.2, 0.25) is 0 Å². The molecule has 0 bridgehead atoms. The third-order valence-electron chi connectivity index (χ3n) is 3.14. The number of carbonyl (C=O) groups is 1. The smallest absolute Gasteiger partial charge is 0.450 e. The molecule has 130 valence electrons. The number of phenolic OH excluding ortho intramolecular Hbond substituents is 1. The van der Waals surface area contributed by atoms with Crippen molar-refractivity contribution < 1.29 is 41.4 Å². The number of Topliss-reactive ketones (excluding diaryl/α,β-unsaturated/α-hetero) is 1. The van der Waals surface area contributed by atoms with E-state index in [1.54, 1.807) is 0 Å². The molecule has 1 atom stereocenters. The van der Waals surface area contributed by atoms with Gasteiger partial charge in [0.2, 0.25) is 5.78 Å². The highest BCUT2D eigenvalue weighted by Crippen LogP contribution is 2.46. The van der Waals surface area contributed by atoms with E-state index in [1.807, 2.05) is 0 Å². The summed E-state index contributed by atoms with van der Waals surface area (Å²) in [4.78, 5) is 12.3. The van der Waals surface area contributed by atoms with Crippen molar-refractivity contribution in [3.05, 3.63) is 23.8 Å². The van der Waals surface area contributed by atoms with Crippen molar-refractivity contribution in [2.75, 3.05) is 19.0 Å². The molecule has 4 nitrogen and oxygen atoms in total. The Hall–Kier alpha value is -1.97. The zero-order valence-corrected chi connectivity index (χ0v) is 12.0. The van der Waals surface area contributed by atoms with Crippen LogP contribution in [0, 0.1) is 0 Å². The molecule has 0 aromatic heterocycles. The standard InChI is InChI=1S/C13H13F6NO3/c1-20(2)7-3-4-8(9(21)5-7)11(23,13(17,18)19)6-10(22)12(14,15)16/h3-5,21,23H,6H2,1-2H3. The number of nitrogens with zero attached hydrogens (tertiary/aromatic N) is 1. The Morgan fingerprint density at radius 1 is 1.13 bits per heavy atom. The largest absolute Gasteiger partial charge is 0.507 e. The molecule has 0 spiro atoms. The van der Waals surface area contributed by atoms with Gasteiger partial charge in [0, 0.05) is 31.4 Å². The molecule has 2 N–H and O–H groups in total. The van der Waals surface area contributed by atoms with Crippen LogP contribution < -0.4 is 4.90 Å². The van der Waals surface area contributed by atoms with Crippen LogP contribution in [0.1, 0.15) is 12.0 Å². The van der Waals surface area contributed by atoms with E-state index in [-0.39, 0.29) is 5.69 Å². The van der Waals surface area contributed by atoms with E-state index in [2.05, 4.69) is 0 Å². The number of aromatic hydroxyl groups is 1. The number of ketones is 1. The number of halogens is 6. The molecule has 0 saturated carbocycles. The Morgan fingerprint density at radius 3 is 2.00 bits per heavy atom. The van der Waals surface area contributed by atoms with Gasteiger partial charge in [-0.2, -0.15) is 26.3 Å². The van der Waals surface area contributed by atoms with Crippen molar-refractivity contribution in [2.45, 2.75) is 24.4 Å². The maximum atomic E-state index is 13.1. The monoisotopic (exact) mass is 345 g/mol. The maximum absolute atomic E-state index is 13.1. The summed E-state index contributed by atoms with van der Waals surface area (Å²) in [7, 11) is 3.02. The first-order chi connectivity index (χ1) is 10.2. The Kier molecular flexibility index (Phi) is 4.90. The molecule has 0 radical (unpaired) electrons. The highest BCUT2D eigenvalue weighted by molar-refractivity contribution is 5.85. The summed E-state index contributed by atoms with van der Waals surface area (Å²) < 4.78 is 76.0. The highest BCUT2D eigenvalue weighted by atomic mass is 19.4. The van der Waals surface area contributed by atoms with Crippen molar-refractivity contribution in [3.8, 4) is 5.75 Å². The lowest BCUT2D eigenvalue weighted by molar-refractivity contribution is -0.270. The molecule has 1 aromatic carbocycles. The third kappa shape index (κ3) is 3.87. The van der Waals surface area contributed by atoms with Crippen molar-refractivity contribution in [3.63, 3.8) is 0 Å². The molecule has 0 aliphatic carbocycles. The van der Waals surface area contributed by atoms with E-state index in [9.17, 15) is 41.4 Å². The van der Waals surface area contributed by atoms with Crippen LogP contribution in [0.25, 0.3) is 0 Å². The summed E-state index contributed by atoms with van der Waals surface area (Å²) >= 11 is 0. The van der Waals surface area contributed by atoms with E-state index in [0.29, 0.717) is 6.07 Å². The minimum Gasteiger partial charge on any atom is -0.507 e. The van der Waals surface area contributed by atoms with Crippen LogP contribution >= 0.6 is 0 Å². The fraction of sp³-hybridized carbons (Fsp3) is 0.462. The number of rotatable bonds is 4. The van der Waals surface area contributed by atoms with E-state index in [1.165, 1.54) is 19.0 Å². The number of hydrogen-bond donors (Lipinski definition) is 2. The molecule has 1 aromatic rings. The molecule has 23 heavy (non-hydrogen) atoms. The van der Waals surface area contributed by atoms with Gasteiger partial charge in [-0.05, 0) is 6.07 Å². The lowest BCUT2D eigenvalue weighted by Crippen LogP contribution is -2.46. The zero-order valence-electron chi connectivity index (χ0n) is 12.0. The summed E-state index contributed by atoms with van der Waals surface area (Å²) in [6.07, 6.45) is -13.4. The maximum Gasteiger partial charge on any atom is 0.450 e. The van der Waals surface area contributed by atoms with Gasteiger partial charge in [-0.1, -0.05) is 6.07 Å². The minimum absolute atomic E-state index is 0.248.